The summed E-state index contributed by atoms with van der Waals surface area (Å²) in [6.07, 6.45) is 2.08. The second kappa shape index (κ2) is 6.61. The van der Waals surface area contributed by atoms with Gasteiger partial charge in [-0.1, -0.05) is 45.0 Å². The molecule has 3 heteroatoms. The molecule has 1 aliphatic rings. The molecule has 0 radical (unpaired) electrons. The number of amides is 1. The van der Waals surface area contributed by atoms with E-state index in [-0.39, 0.29) is 23.3 Å². The number of benzene rings is 1. The van der Waals surface area contributed by atoms with Crippen LogP contribution >= 0.6 is 0 Å². The van der Waals surface area contributed by atoms with Crippen LogP contribution in [0.25, 0.3) is 0 Å². The third-order valence-corrected chi connectivity index (χ3v) is 4.30. The molecule has 116 valence electrons. The molecule has 3 nitrogen and oxygen atoms in total. The number of rotatable bonds is 3. The van der Waals surface area contributed by atoms with Crippen LogP contribution in [-0.4, -0.2) is 19.0 Å². The minimum Gasteiger partial charge on any atom is -0.349 e. The van der Waals surface area contributed by atoms with E-state index in [1.807, 2.05) is 0 Å². The number of carbonyl (C=O) groups excluding carboxylic acids is 1. The Morgan fingerprint density at radius 3 is 2.48 bits per heavy atom. The standard InChI is InChI=1S/C18H28N2O/c1-13(20-17(21)15-6-5-11-19-12-15)14-7-9-16(10-8-14)18(2,3)4/h7-10,13,15,19H,5-6,11-12H2,1-4H3,(H,20,21)/t13?,15-/m0/s1. The predicted molar refractivity (Wildman–Crippen MR) is 87.3 cm³/mol. The fourth-order valence-electron chi connectivity index (χ4n) is 2.76. The average molecular weight is 288 g/mol. The van der Waals surface area contributed by atoms with Crippen molar-refractivity contribution in [2.75, 3.05) is 13.1 Å². The molecule has 1 amide bonds. The quantitative estimate of drug-likeness (QED) is 0.897. The van der Waals surface area contributed by atoms with Crippen molar-refractivity contribution in [3.63, 3.8) is 0 Å². The number of hydrogen-bond donors (Lipinski definition) is 2. The first-order valence-corrected chi connectivity index (χ1v) is 7.99. The van der Waals surface area contributed by atoms with E-state index in [1.165, 1.54) is 11.1 Å². The van der Waals surface area contributed by atoms with E-state index in [1.54, 1.807) is 0 Å². The summed E-state index contributed by atoms with van der Waals surface area (Å²) in [5.41, 5.74) is 2.65. The highest BCUT2D eigenvalue weighted by Crippen LogP contribution is 2.24. The van der Waals surface area contributed by atoms with E-state index >= 15 is 0 Å². The Balaban J connectivity index is 1.96. The van der Waals surface area contributed by atoms with E-state index in [0.29, 0.717) is 0 Å². The smallest absolute Gasteiger partial charge is 0.224 e. The first-order chi connectivity index (χ1) is 9.88. The minimum absolute atomic E-state index is 0.0634. The Labute approximate surface area is 128 Å². The van der Waals surface area contributed by atoms with Gasteiger partial charge >= 0.3 is 0 Å². The maximum absolute atomic E-state index is 12.3. The molecule has 0 spiro atoms. The summed E-state index contributed by atoms with van der Waals surface area (Å²) >= 11 is 0. The monoisotopic (exact) mass is 288 g/mol. The van der Waals surface area contributed by atoms with Crippen LogP contribution in [0.4, 0.5) is 0 Å². The number of piperidine rings is 1. The van der Waals surface area contributed by atoms with Gasteiger partial charge in [0.2, 0.25) is 5.91 Å². The van der Waals surface area contributed by atoms with E-state index in [2.05, 4.69) is 62.6 Å². The zero-order chi connectivity index (χ0) is 15.5. The summed E-state index contributed by atoms with van der Waals surface area (Å²) in [5, 5.41) is 6.44. The number of hydrogen-bond acceptors (Lipinski definition) is 2. The van der Waals surface area contributed by atoms with Crippen LogP contribution in [0, 0.1) is 5.92 Å². The topological polar surface area (TPSA) is 41.1 Å². The van der Waals surface area contributed by atoms with Crippen molar-refractivity contribution in [1.82, 2.24) is 10.6 Å². The molecule has 1 heterocycles. The van der Waals surface area contributed by atoms with Gasteiger partial charge in [0.15, 0.2) is 0 Å². The Hall–Kier alpha value is -1.35. The molecule has 0 saturated carbocycles. The number of nitrogens with one attached hydrogen (secondary N) is 2. The van der Waals surface area contributed by atoms with Crippen LogP contribution < -0.4 is 10.6 Å². The number of carbonyl (C=O) groups is 1. The Morgan fingerprint density at radius 1 is 1.29 bits per heavy atom. The minimum atomic E-state index is 0.0634. The molecule has 1 aromatic rings. The molecule has 0 aromatic heterocycles. The van der Waals surface area contributed by atoms with Crippen molar-refractivity contribution in [2.24, 2.45) is 5.92 Å². The first-order valence-electron chi connectivity index (χ1n) is 7.99. The summed E-state index contributed by atoms with van der Waals surface area (Å²) in [4.78, 5) is 12.3. The molecule has 1 fully saturated rings. The van der Waals surface area contributed by atoms with Crippen LogP contribution in [0.3, 0.4) is 0 Å². The summed E-state index contributed by atoms with van der Waals surface area (Å²) in [6, 6.07) is 8.66. The molecular formula is C18H28N2O. The van der Waals surface area contributed by atoms with Gasteiger partial charge in [-0.15, -0.1) is 0 Å². The summed E-state index contributed by atoms with van der Waals surface area (Å²) in [5.74, 6) is 0.296. The van der Waals surface area contributed by atoms with E-state index < -0.39 is 0 Å². The largest absolute Gasteiger partial charge is 0.349 e. The maximum atomic E-state index is 12.3. The lowest BCUT2D eigenvalue weighted by molar-refractivity contribution is -0.126. The summed E-state index contributed by atoms with van der Waals surface area (Å²) in [7, 11) is 0. The highest BCUT2D eigenvalue weighted by Gasteiger charge is 2.22. The fraction of sp³-hybridized carbons (Fsp3) is 0.611. The molecular weight excluding hydrogens is 260 g/mol. The zero-order valence-electron chi connectivity index (χ0n) is 13.7. The molecule has 1 unspecified atom stereocenters. The fourth-order valence-corrected chi connectivity index (χ4v) is 2.76. The molecule has 0 bridgehead atoms. The van der Waals surface area contributed by atoms with Crippen LogP contribution in [0.2, 0.25) is 0 Å². The second-order valence-corrected chi connectivity index (χ2v) is 7.15. The molecule has 1 aromatic carbocycles. The van der Waals surface area contributed by atoms with Crippen LogP contribution in [0.5, 0.6) is 0 Å². The molecule has 2 atom stereocenters. The van der Waals surface area contributed by atoms with Gasteiger partial charge in [-0.2, -0.15) is 0 Å². The van der Waals surface area contributed by atoms with Crippen molar-refractivity contribution < 1.29 is 4.79 Å². The van der Waals surface area contributed by atoms with Gasteiger partial charge in [-0.3, -0.25) is 4.79 Å². The van der Waals surface area contributed by atoms with Gasteiger partial charge in [-0.25, -0.2) is 0 Å². The van der Waals surface area contributed by atoms with Crippen molar-refractivity contribution in [2.45, 2.75) is 52.0 Å². The third-order valence-electron chi connectivity index (χ3n) is 4.30. The van der Waals surface area contributed by atoms with Gasteiger partial charge in [0.25, 0.3) is 0 Å². The molecule has 21 heavy (non-hydrogen) atoms. The normalized spacial score (nSPS) is 20.9. The Morgan fingerprint density at radius 2 is 1.95 bits per heavy atom. The van der Waals surface area contributed by atoms with Gasteiger partial charge in [0, 0.05) is 6.54 Å². The average Bonchev–Trinajstić information content (AvgIpc) is 2.47. The van der Waals surface area contributed by atoms with Crippen molar-refractivity contribution in [3.05, 3.63) is 35.4 Å². The molecule has 0 aliphatic carbocycles. The van der Waals surface area contributed by atoms with Crippen molar-refractivity contribution >= 4 is 5.91 Å². The van der Waals surface area contributed by atoms with E-state index in [9.17, 15) is 4.79 Å². The lowest BCUT2D eigenvalue weighted by Gasteiger charge is -2.25. The van der Waals surface area contributed by atoms with E-state index in [4.69, 9.17) is 0 Å². The first kappa shape index (κ1) is 16.0. The van der Waals surface area contributed by atoms with Gasteiger partial charge in [0.1, 0.15) is 0 Å². The Bertz CT molecular complexity index is 467. The van der Waals surface area contributed by atoms with Crippen LogP contribution in [-0.2, 0) is 10.2 Å². The van der Waals surface area contributed by atoms with Crippen molar-refractivity contribution in [1.29, 1.82) is 0 Å². The lowest BCUT2D eigenvalue weighted by Crippen LogP contribution is -2.41. The van der Waals surface area contributed by atoms with Crippen LogP contribution in [0.15, 0.2) is 24.3 Å². The molecule has 2 rings (SSSR count). The highest BCUT2D eigenvalue weighted by atomic mass is 16.1. The molecule has 1 aliphatic heterocycles. The summed E-state index contributed by atoms with van der Waals surface area (Å²) < 4.78 is 0. The maximum Gasteiger partial charge on any atom is 0.224 e. The third kappa shape index (κ3) is 4.31. The molecule has 2 N–H and O–H groups in total. The SMILES string of the molecule is CC(NC(=O)[C@H]1CCCNC1)c1ccc(C(C)(C)C)cc1. The molecule has 1 saturated heterocycles. The predicted octanol–water partition coefficient (Wildman–Crippen LogP) is 3.16. The van der Waals surface area contributed by atoms with Gasteiger partial charge in [-0.05, 0) is 42.9 Å². The summed E-state index contributed by atoms with van der Waals surface area (Å²) in [6.45, 7) is 10.5. The van der Waals surface area contributed by atoms with Gasteiger partial charge < -0.3 is 10.6 Å². The van der Waals surface area contributed by atoms with Crippen LogP contribution in [0.1, 0.15) is 57.7 Å². The van der Waals surface area contributed by atoms with E-state index in [0.717, 1.165) is 25.9 Å². The lowest BCUT2D eigenvalue weighted by atomic mass is 9.86. The van der Waals surface area contributed by atoms with Crippen molar-refractivity contribution in [3.8, 4) is 0 Å². The zero-order valence-corrected chi connectivity index (χ0v) is 13.7. The Kier molecular flexibility index (Phi) is 5.04. The highest BCUT2D eigenvalue weighted by molar-refractivity contribution is 5.79. The van der Waals surface area contributed by atoms with Gasteiger partial charge in [0.05, 0.1) is 12.0 Å². The second-order valence-electron chi connectivity index (χ2n) is 7.15.